The van der Waals surface area contributed by atoms with Gasteiger partial charge in [0.2, 0.25) is 0 Å². The molecule has 0 aromatic heterocycles. The van der Waals surface area contributed by atoms with Gasteiger partial charge in [-0.3, -0.25) is 4.79 Å². The molecule has 0 spiro atoms. The van der Waals surface area contributed by atoms with E-state index < -0.39 is 0 Å². The van der Waals surface area contributed by atoms with Crippen molar-refractivity contribution in [2.24, 2.45) is 5.41 Å². The molecular weight excluding hydrogens is 172 g/mol. The smallest absolute Gasteiger partial charge is 0.159 e. The largest absolute Gasteiger partial charge is 0.295 e. The average molecular weight is 192 g/mol. The summed E-state index contributed by atoms with van der Waals surface area (Å²) in [6.07, 6.45) is 3.50. The Hall–Kier alpha value is -0.850. The van der Waals surface area contributed by atoms with Gasteiger partial charge in [0.25, 0.3) is 0 Å². The Bertz CT molecular complexity index is 305. The molecule has 0 aromatic carbocycles. The SMILES string of the molecule is C=C(C(C)=O)C1=C(C)CCCC1(C)C. The summed E-state index contributed by atoms with van der Waals surface area (Å²) in [7, 11) is 0. The molecule has 0 aliphatic heterocycles. The second-order valence-electron chi connectivity index (χ2n) is 4.93. The van der Waals surface area contributed by atoms with E-state index in [1.807, 2.05) is 0 Å². The summed E-state index contributed by atoms with van der Waals surface area (Å²) in [5.74, 6) is 0.106. The van der Waals surface area contributed by atoms with Gasteiger partial charge in [0.15, 0.2) is 5.78 Å². The molecule has 0 aromatic rings. The number of rotatable bonds is 2. The highest BCUT2D eigenvalue weighted by molar-refractivity contribution is 5.97. The minimum absolute atomic E-state index is 0.106. The minimum atomic E-state index is 0.106. The third-order valence-corrected chi connectivity index (χ3v) is 3.18. The number of Topliss-reactive ketones (excluding diaryl/α,β-unsaturated/α-hetero) is 1. The molecule has 0 saturated carbocycles. The molecule has 0 bridgehead atoms. The molecule has 1 heteroatoms. The second-order valence-corrected chi connectivity index (χ2v) is 4.93. The van der Waals surface area contributed by atoms with Gasteiger partial charge in [-0.2, -0.15) is 0 Å². The van der Waals surface area contributed by atoms with Crippen molar-refractivity contribution in [1.29, 1.82) is 0 Å². The van der Waals surface area contributed by atoms with Crippen molar-refractivity contribution in [3.63, 3.8) is 0 Å². The number of hydrogen-bond donors (Lipinski definition) is 0. The number of ketones is 1. The predicted molar refractivity (Wildman–Crippen MR) is 60.2 cm³/mol. The molecule has 0 radical (unpaired) electrons. The fraction of sp³-hybridized carbons (Fsp3) is 0.615. The molecule has 78 valence electrons. The summed E-state index contributed by atoms with van der Waals surface area (Å²) in [4.78, 5) is 11.3. The first-order chi connectivity index (χ1) is 6.36. The van der Waals surface area contributed by atoms with Crippen LogP contribution in [0, 0.1) is 5.41 Å². The van der Waals surface area contributed by atoms with Crippen molar-refractivity contribution in [2.75, 3.05) is 0 Å². The maximum absolute atomic E-state index is 11.3. The summed E-state index contributed by atoms with van der Waals surface area (Å²) < 4.78 is 0. The van der Waals surface area contributed by atoms with Gasteiger partial charge in [0.05, 0.1) is 0 Å². The summed E-state index contributed by atoms with van der Waals surface area (Å²) in [5.41, 5.74) is 3.40. The zero-order valence-corrected chi connectivity index (χ0v) is 9.74. The average Bonchev–Trinajstić information content (AvgIpc) is 2.01. The van der Waals surface area contributed by atoms with E-state index in [9.17, 15) is 4.79 Å². The Morgan fingerprint density at radius 2 is 2.00 bits per heavy atom. The number of allylic oxidation sites excluding steroid dienone is 3. The van der Waals surface area contributed by atoms with E-state index in [2.05, 4.69) is 27.4 Å². The molecule has 1 aliphatic rings. The van der Waals surface area contributed by atoms with Gasteiger partial charge in [0.1, 0.15) is 0 Å². The molecule has 0 N–H and O–H groups in total. The van der Waals surface area contributed by atoms with Gasteiger partial charge in [0, 0.05) is 5.57 Å². The van der Waals surface area contributed by atoms with Crippen molar-refractivity contribution >= 4 is 5.78 Å². The van der Waals surface area contributed by atoms with Crippen LogP contribution in [0.3, 0.4) is 0 Å². The molecule has 0 saturated heterocycles. The fourth-order valence-electron chi connectivity index (χ4n) is 2.47. The van der Waals surface area contributed by atoms with Gasteiger partial charge in [-0.25, -0.2) is 0 Å². The van der Waals surface area contributed by atoms with Crippen LogP contribution in [0.2, 0.25) is 0 Å². The van der Waals surface area contributed by atoms with Gasteiger partial charge >= 0.3 is 0 Å². The monoisotopic (exact) mass is 192 g/mol. The molecule has 0 amide bonds. The third kappa shape index (κ3) is 1.97. The van der Waals surface area contributed by atoms with Crippen LogP contribution in [-0.4, -0.2) is 5.78 Å². The van der Waals surface area contributed by atoms with Crippen molar-refractivity contribution in [2.45, 2.75) is 47.0 Å². The molecule has 0 atom stereocenters. The van der Waals surface area contributed by atoms with E-state index in [1.165, 1.54) is 17.6 Å². The van der Waals surface area contributed by atoms with Gasteiger partial charge in [-0.1, -0.05) is 26.0 Å². The summed E-state index contributed by atoms with van der Waals surface area (Å²) in [6.45, 7) is 12.1. The summed E-state index contributed by atoms with van der Waals surface area (Å²) in [5, 5.41) is 0. The van der Waals surface area contributed by atoms with Crippen LogP contribution in [0.4, 0.5) is 0 Å². The van der Waals surface area contributed by atoms with Crippen molar-refractivity contribution < 1.29 is 4.79 Å². The van der Waals surface area contributed by atoms with Crippen LogP contribution in [0.5, 0.6) is 0 Å². The van der Waals surface area contributed by atoms with E-state index in [4.69, 9.17) is 0 Å². The molecule has 0 unspecified atom stereocenters. The van der Waals surface area contributed by atoms with Gasteiger partial charge < -0.3 is 0 Å². The molecule has 1 rings (SSSR count). The minimum Gasteiger partial charge on any atom is -0.295 e. The molecule has 14 heavy (non-hydrogen) atoms. The van der Waals surface area contributed by atoms with Crippen LogP contribution in [-0.2, 0) is 4.79 Å². The van der Waals surface area contributed by atoms with Gasteiger partial charge in [-0.05, 0) is 44.1 Å². The van der Waals surface area contributed by atoms with Gasteiger partial charge in [-0.15, -0.1) is 0 Å². The Balaban J connectivity index is 3.14. The Labute approximate surface area is 86.9 Å². The quantitative estimate of drug-likeness (QED) is 0.610. The van der Waals surface area contributed by atoms with Crippen LogP contribution in [0.1, 0.15) is 47.0 Å². The van der Waals surface area contributed by atoms with Crippen LogP contribution < -0.4 is 0 Å². The zero-order chi connectivity index (χ0) is 10.9. The second kappa shape index (κ2) is 3.72. The lowest BCUT2D eigenvalue weighted by atomic mass is 9.70. The summed E-state index contributed by atoms with van der Waals surface area (Å²) >= 11 is 0. The topological polar surface area (TPSA) is 17.1 Å². The van der Waals surface area contributed by atoms with Crippen molar-refractivity contribution in [3.8, 4) is 0 Å². The van der Waals surface area contributed by atoms with E-state index in [-0.39, 0.29) is 11.2 Å². The van der Waals surface area contributed by atoms with E-state index >= 15 is 0 Å². The molecule has 0 heterocycles. The van der Waals surface area contributed by atoms with Crippen LogP contribution in [0.25, 0.3) is 0 Å². The molecule has 1 nitrogen and oxygen atoms in total. The van der Waals surface area contributed by atoms with E-state index in [0.29, 0.717) is 5.57 Å². The zero-order valence-electron chi connectivity index (χ0n) is 9.74. The number of carbonyl (C=O) groups excluding carboxylic acids is 1. The Morgan fingerprint density at radius 1 is 1.43 bits per heavy atom. The van der Waals surface area contributed by atoms with E-state index in [1.54, 1.807) is 6.92 Å². The molecule has 1 aliphatic carbocycles. The highest BCUT2D eigenvalue weighted by Gasteiger charge is 2.30. The Morgan fingerprint density at radius 3 is 2.43 bits per heavy atom. The van der Waals surface area contributed by atoms with E-state index in [0.717, 1.165) is 12.8 Å². The lowest BCUT2D eigenvalue weighted by Crippen LogP contribution is -2.23. The standard InChI is InChI=1S/C13H20O/c1-9-7-6-8-13(4,5)12(9)10(2)11(3)14/h2,6-8H2,1,3-5H3. The predicted octanol–water partition coefficient (Wildman–Crippen LogP) is 3.66. The first kappa shape index (κ1) is 11.2. The third-order valence-electron chi connectivity index (χ3n) is 3.18. The first-order valence-electron chi connectivity index (χ1n) is 5.26. The number of carbonyl (C=O) groups is 1. The molecular formula is C13H20O. The first-order valence-corrected chi connectivity index (χ1v) is 5.26. The fourth-order valence-corrected chi connectivity index (χ4v) is 2.47. The molecule has 0 fully saturated rings. The lowest BCUT2D eigenvalue weighted by molar-refractivity contribution is -0.113. The van der Waals surface area contributed by atoms with Crippen LogP contribution in [0.15, 0.2) is 23.3 Å². The Kier molecular flexibility index (Phi) is 2.98. The summed E-state index contributed by atoms with van der Waals surface area (Å²) in [6, 6.07) is 0. The normalized spacial score (nSPS) is 20.9. The highest BCUT2D eigenvalue weighted by Crippen LogP contribution is 2.43. The lowest BCUT2D eigenvalue weighted by Gasteiger charge is -2.35. The van der Waals surface area contributed by atoms with Crippen molar-refractivity contribution in [3.05, 3.63) is 23.3 Å². The van der Waals surface area contributed by atoms with Crippen molar-refractivity contribution in [1.82, 2.24) is 0 Å². The maximum atomic E-state index is 11.3. The number of hydrogen-bond acceptors (Lipinski definition) is 1. The highest BCUT2D eigenvalue weighted by atomic mass is 16.1. The maximum Gasteiger partial charge on any atom is 0.159 e. The van der Waals surface area contributed by atoms with Crippen LogP contribution >= 0.6 is 0 Å².